The molecule has 0 bridgehead atoms. The molecule has 1 saturated heterocycles. The summed E-state index contributed by atoms with van der Waals surface area (Å²) in [5.41, 5.74) is 3.48. The lowest BCUT2D eigenvalue weighted by molar-refractivity contribution is 0.102. The van der Waals surface area contributed by atoms with Crippen LogP contribution in [0.3, 0.4) is 0 Å². The monoisotopic (exact) mass is 400 g/mol. The van der Waals surface area contributed by atoms with Gasteiger partial charge in [0, 0.05) is 30.4 Å². The van der Waals surface area contributed by atoms with Crippen molar-refractivity contribution in [2.75, 3.05) is 23.3 Å². The molecule has 3 aromatic heterocycles. The van der Waals surface area contributed by atoms with E-state index in [1.807, 2.05) is 43.3 Å². The maximum atomic E-state index is 12.6. The molecule has 4 heterocycles. The summed E-state index contributed by atoms with van der Waals surface area (Å²) >= 11 is 0. The van der Waals surface area contributed by atoms with Crippen LogP contribution in [-0.4, -0.2) is 48.8 Å². The van der Waals surface area contributed by atoms with Crippen molar-refractivity contribution in [1.82, 2.24) is 29.8 Å². The number of carbonyl (C=O) groups excluding carboxylic acids is 1. The smallest absolute Gasteiger partial charge is 0.274 e. The van der Waals surface area contributed by atoms with Gasteiger partial charge in [-0.25, -0.2) is 9.97 Å². The molecular weight excluding hydrogens is 380 g/mol. The first-order valence-electron chi connectivity index (χ1n) is 9.85. The molecule has 0 radical (unpaired) electrons. The fourth-order valence-corrected chi connectivity index (χ4v) is 3.56. The highest BCUT2D eigenvalue weighted by atomic mass is 16.1. The van der Waals surface area contributed by atoms with E-state index in [9.17, 15) is 4.79 Å². The van der Waals surface area contributed by atoms with Crippen molar-refractivity contribution in [3.8, 4) is 11.3 Å². The Labute approximate surface area is 172 Å². The Morgan fingerprint density at radius 2 is 1.80 bits per heavy atom. The van der Waals surface area contributed by atoms with Crippen LogP contribution >= 0.6 is 0 Å². The fraction of sp³-hybridized carbons (Fsp3) is 0.238. The van der Waals surface area contributed by atoms with Gasteiger partial charge in [0.15, 0.2) is 11.5 Å². The maximum Gasteiger partial charge on any atom is 0.274 e. The third-order valence-electron chi connectivity index (χ3n) is 5.17. The number of hydrogen-bond acceptors (Lipinski definition) is 7. The molecule has 0 spiro atoms. The molecule has 0 saturated carbocycles. The van der Waals surface area contributed by atoms with Gasteiger partial charge in [0.1, 0.15) is 17.8 Å². The van der Waals surface area contributed by atoms with E-state index >= 15 is 0 Å². The van der Waals surface area contributed by atoms with Crippen molar-refractivity contribution in [2.24, 2.45) is 0 Å². The van der Waals surface area contributed by atoms with Crippen molar-refractivity contribution >= 4 is 23.1 Å². The van der Waals surface area contributed by atoms with Crippen LogP contribution in [0.15, 0.2) is 48.8 Å². The fourth-order valence-electron chi connectivity index (χ4n) is 3.56. The molecule has 0 atom stereocenters. The Hall–Kier alpha value is -3.88. The van der Waals surface area contributed by atoms with Crippen LogP contribution in [-0.2, 0) is 0 Å². The van der Waals surface area contributed by atoms with Crippen molar-refractivity contribution < 1.29 is 4.79 Å². The molecule has 1 N–H and O–H groups in total. The Morgan fingerprint density at radius 1 is 1.00 bits per heavy atom. The second-order valence-electron chi connectivity index (χ2n) is 7.22. The normalized spacial score (nSPS) is 13.7. The Morgan fingerprint density at radius 3 is 2.60 bits per heavy atom. The summed E-state index contributed by atoms with van der Waals surface area (Å²) in [5.74, 6) is 1.27. The summed E-state index contributed by atoms with van der Waals surface area (Å²) in [5, 5.41) is 15.5. The summed E-state index contributed by atoms with van der Waals surface area (Å²) in [6.07, 6.45) is 3.74. The van der Waals surface area contributed by atoms with E-state index in [1.54, 1.807) is 10.6 Å². The van der Waals surface area contributed by atoms with Crippen LogP contribution < -0.4 is 10.2 Å². The minimum Gasteiger partial charge on any atom is -0.357 e. The first-order chi connectivity index (χ1) is 14.7. The molecule has 30 heavy (non-hydrogen) atoms. The lowest BCUT2D eigenvalue weighted by atomic mass is 10.1. The molecule has 1 fully saturated rings. The highest BCUT2D eigenvalue weighted by Gasteiger charge is 2.16. The molecule has 9 nitrogen and oxygen atoms in total. The van der Waals surface area contributed by atoms with Crippen LogP contribution in [0.1, 0.15) is 29.2 Å². The van der Waals surface area contributed by atoms with Gasteiger partial charge in [-0.3, -0.25) is 4.79 Å². The van der Waals surface area contributed by atoms with Crippen molar-refractivity contribution in [1.29, 1.82) is 0 Å². The number of nitrogens with one attached hydrogen (secondary N) is 1. The number of anilines is 2. The third-order valence-corrected chi connectivity index (χ3v) is 5.17. The number of nitrogens with zero attached hydrogens (tertiary/aromatic N) is 7. The lowest BCUT2D eigenvalue weighted by Crippen LogP contribution is -2.21. The second kappa shape index (κ2) is 7.51. The minimum absolute atomic E-state index is 0.259. The summed E-state index contributed by atoms with van der Waals surface area (Å²) in [6.45, 7) is 3.79. The molecule has 1 aliphatic heterocycles. The summed E-state index contributed by atoms with van der Waals surface area (Å²) < 4.78 is 1.71. The van der Waals surface area contributed by atoms with Crippen LogP contribution in [0.5, 0.6) is 0 Å². The van der Waals surface area contributed by atoms with Crippen molar-refractivity contribution in [2.45, 2.75) is 19.8 Å². The molecule has 150 valence electrons. The molecule has 4 aromatic rings. The predicted octanol–water partition coefficient (Wildman–Crippen LogP) is 2.74. The van der Waals surface area contributed by atoms with Gasteiger partial charge >= 0.3 is 0 Å². The molecule has 1 aliphatic rings. The standard InChI is InChI=1S/C21H20N8O/c1-14-25-26-19-9-8-17(27-29(14)19)15-4-6-16(7-5-15)24-21(30)18-12-20(23-13-22-18)28-10-2-3-11-28/h4-9,12-13H,2-3,10-11H2,1H3,(H,24,30). The Balaban J connectivity index is 1.32. The number of rotatable bonds is 4. The van der Waals surface area contributed by atoms with E-state index in [0.717, 1.165) is 48.8 Å². The van der Waals surface area contributed by atoms with Crippen LogP contribution in [0, 0.1) is 6.92 Å². The van der Waals surface area contributed by atoms with Crippen LogP contribution in [0.2, 0.25) is 0 Å². The first-order valence-corrected chi connectivity index (χ1v) is 9.85. The minimum atomic E-state index is -0.259. The van der Waals surface area contributed by atoms with E-state index in [0.29, 0.717) is 17.0 Å². The number of fused-ring (bicyclic) bond motifs is 1. The van der Waals surface area contributed by atoms with Gasteiger partial charge in [0.25, 0.3) is 5.91 Å². The number of hydrogen-bond donors (Lipinski definition) is 1. The van der Waals surface area contributed by atoms with Crippen LogP contribution in [0.25, 0.3) is 16.9 Å². The van der Waals surface area contributed by atoms with E-state index < -0.39 is 0 Å². The number of carbonyl (C=O) groups is 1. The summed E-state index contributed by atoms with van der Waals surface area (Å²) in [6, 6.07) is 13.1. The molecule has 9 heteroatoms. The van der Waals surface area contributed by atoms with Gasteiger partial charge in [0.2, 0.25) is 0 Å². The van der Waals surface area contributed by atoms with E-state index in [1.165, 1.54) is 6.33 Å². The third kappa shape index (κ3) is 3.45. The van der Waals surface area contributed by atoms with Gasteiger partial charge < -0.3 is 10.2 Å². The molecule has 1 amide bonds. The second-order valence-corrected chi connectivity index (χ2v) is 7.22. The number of benzene rings is 1. The topological polar surface area (TPSA) is 101 Å². The van der Waals surface area contributed by atoms with Crippen molar-refractivity contribution in [3.05, 3.63) is 60.3 Å². The Kier molecular flexibility index (Phi) is 4.55. The highest BCUT2D eigenvalue weighted by molar-refractivity contribution is 6.03. The zero-order valence-corrected chi connectivity index (χ0v) is 16.5. The van der Waals surface area contributed by atoms with Gasteiger partial charge in [-0.2, -0.15) is 9.61 Å². The zero-order chi connectivity index (χ0) is 20.5. The average molecular weight is 400 g/mol. The molecule has 1 aromatic carbocycles. The van der Waals surface area contributed by atoms with Gasteiger partial charge in [-0.15, -0.1) is 10.2 Å². The molecule has 0 aliphatic carbocycles. The SMILES string of the molecule is Cc1nnc2ccc(-c3ccc(NC(=O)c4cc(N5CCCC5)ncn4)cc3)nn12. The van der Waals surface area contributed by atoms with Crippen LogP contribution in [0.4, 0.5) is 11.5 Å². The number of aromatic nitrogens is 6. The first kappa shape index (κ1) is 18.2. The van der Waals surface area contributed by atoms with E-state index in [4.69, 9.17) is 0 Å². The number of aryl methyl sites for hydroxylation is 1. The van der Waals surface area contributed by atoms with Gasteiger partial charge in [0.05, 0.1) is 5.69 Å². The predicted molar refractivity (Wildman–Crippen MR) is 112 cm³/mol. The molecule has 0 unspecified atom stereocenters. The lowest BCUT2D eigenvalue weighted by Gasteiger charge is -2.16. The largest absolute Gasteiger partial charge is 0.357 e. The van der Waals surface area contributed by atoms with Gasteiger partial charge in [-0.05, 0) is 44.0 Å². The molecule has 5 rings (SSSR count). The van der Waals surface area contributed by atoms with Gasteiger partial charge in [-0.1, -0.05) is 12.1 Å². The number of amides is 1. The summed E-state index contributed by atoms with van der Waals surface area (Å²) in [4.78, 5) is 23.2. The maximum absolute atomic E-state index is 12.6. The van der Waals surface area contributed by atoms with E-state index in [2.05, 4.69) is 35.5 Å². The quantitative estimate of drug-likeness (QED) is 0.562. The molecular formula is C21H20N8O. The van der Waals surface area contributed by atoms with E-state index in [-0.39, 0.29) is 5.91 Å². The zero-order valence-electron chi connectivity index (χ0n) is 16.5. The average Bonchev–Trinajstić information content (AvgIpc) is 3.45. The summed E-state index contributed by atoms with van der Waals surface area (Å²) in [7, 11) is 0. The highest BCUT2D eigenvalue weighted by Crippen LogP contribution is 2.21. The Bertz CT molecular complexity index is 1210. The van der Waals surface area contributed by atoms with Crippen molar-refractivity contribution in [3.63, 3.8) is 0 Å².